The molecule has 0 radical (unpaired) electrons. The second kappa shape index (κ2) is 5.18. The second-order valence-electron chi connectivity index (χ2n) is 4.48. The number of rotatable bonds is 5. The molecule has 1 amide bonds. The Labute approximate surface area is 101 Å². The van der Waals surface area contributed by atoms with Crippen molar-refractivity contribution in [3.8, 4) is 0 Å². The summed E-state index contributed by atoms with van der Waals surface area (Å²) in [4.78, 5) is 11.9. The topological polar surface area (TPSA) is 93.0 Å². The van der Waals surface area contributed by atoms with Crippen molar-refractivity contribution in [2.24, 2.45) is 0 Å². The summed E-state index contributed by atoms with van der Waals surface area (Å²) in [7, 11) is 0. The van der Waals surface area contributed by atoms with Crippen LogP contribution in [0.2, 0.25) is 0 Å². The van der Waals surface area contributed by atoms with Crippen LogP contribution in [0, 0.1) is 6.92 Å². The van der Waals surface area contributed by atoms with Gasteiger partial charge in [0.2, 0.25) is 0 Å². The van der Waals surface area contributed by atoms with Gasteiger partial charge in [0.05, 0.1) is 5.60 Å². The van der Waals surface area contributed by atoms with Crippen molar-refractivity contribution in [2.45, 2.75) is 33.3 Å². The van der Waals surface area contributed by atoms with Crippen molar-refractivity contribution >= 4 is 11.7 Å². The number of nitrogens with one attached hydrogen (secondary N) is 2. The molecule has 0 bridgehead atoms. The molecule has 96 valence electrons. The third-order valence-electron chi connectivity index (χ3n) is 2.41. The van der Waals surface area contributed by atoms with Crippen LogP contribution in [-0.4, -0.2) is 34.9 Å². The van der Waals surface area contributed by atoms with Gasteiger partial charge in [-0.05, 0) is 27.7 Å². The first-order valence-electron chi connectivity index (χ1n) is 5.60. The predicted octanol–water partition coefficient (Wildman–Crippen LogP) is 0.845. The molecule has 17 heavy (non-hydrogen) atoms. The van der Waals surface area contributed by atoms with E-state index in [0.717, 1.165) is 0 Å². The molecular weight excluding hydrogens is 220 g/mol. The Morgan fingerprint density at radius 2 is 2.24 bits per heavy atom. The van der Waals surface area contributed by atoms with Crippen LogP contribution in [-0.2, 0) is 4.74 Å². The number of H-pyrrole nitrogens is 1. The number of nitrogen functional groups attached to an aromatic ring is 1. The van der Waals surface area contributed by atoms with E-state index in [2.05, 4.69) is 15.5 Å². The average molecular weight is 240 g/mol. The summed E-state index contributed by atoms with van der Waals surface area (Å²) in [5.74, 6) is -0.0178. The molecule has 0 aliphatic carbocycles. The minimum atomic E-state index is -0.392. The van der Waals surface area contributed by atoms with E-state index in [1.54, 1.807) is 6.92 Å². The number of hydrogen-bond acceptors (Lipinski definition) is 4. The number of aromatic nitrogens is 2. The number of nitrogens with two attached hydrogens (primary N) is 1. The van der Waals surface area contributed by atoms with Crippen molar-refractivity contribution in [3.63, 3.8) is 0 Å². The third kappa shape index (κ3) is 3.45. The molecule has 1 aromatic heterocycles. The van der Waals surface area contributed by atoms with Crippen LogP contribution >= 0.6 is 0 Å². The van der Waals surface area contributed by atoms with E-state index in [4.69, 9.17) is 10.5 Å². The fourth-order valence-electron chi connectivity index (χ4n) is 1.56. The maximum atomic E-state index is 11.9. The first kappa shape index (κ1) is 13.5. The van der Waals surface area contributed by atoms with Crippen molar-refractivity contribution in [2.75, 3.05) is 18.9 Å². The minimum absolute atomic E-state index is 0.217. The van der Waals surface area contributed by atoms with Gasteiger partial charge in [-0.3, -0.25) is 9.89 Å². The molecule has 0 aliphatic rings. The largest absolute Gasteiger partial charge is 0.382 e. The summed E-state index contributed by atoms with van der Waals surface area (Å²) < 4.78 is 5.49. The van der Waals surface area contributed by atoms with Gasteiger partial charge in [-0.25, -0.2) is 0 Å². The molecular formula is C11H20N4O2. The Bertz CT molecular complexity index is 379. The Morgan fingerprint density at radius 3 is 2.71 bits per heavy atom. The lowest BCUT2D eigenvalue weighted by Gasteiger charge is -2.24. The zero-order valence-corrected chi connectivity index (χ0v) is 10.8. The number of amides is 1. The molecule has 0 atom stereocenters. The summed E-state index contributed by atoms with van der Waals surface area (Å²) >= 11 is 0. The first-order valence-corrected chi connectivity index (χ1v) is 5.60. The Balaban J connectivity index is 2.62. The highest BCUT2D eigenvalue weighted by Gasteiger charge is 2.21. The summed E-state index contributed by atoms with van der Waals surface area (Å²) in [6.45, 7) is 8.54. The van der Waals surface area contributed by atoms with Crippen LogP contribution in [0.5, 0.6) is 0 Å². The quantitative estimate of drug-likeness (QED) is 0.711. The van der Waals surface area contributed by atoms with Crippen molar-refractivity contribution in [1.82, 2.24) is 15.5 Å². The van der Waals surface area contributed by atoms with Crippen molar-refractivity contribution in [3.05, 3.63) is 11.3 Å². The highest BCUT2D eigenvalue weighted by atomic mass is 16.5. The number of hydrogen-bond donors (Lipinski definition) is 3. The first-order chi connectivity index (χ1) is 7.87. The molecule has 0 aliphatic heterocycles. The van der Waals surface area contributed by atoms with Gasteiger partial charge in [0.25, 0.3) is 5.91 Å². The molecule has 6 nitrogen and oxygen atoms in total. The molecule has 0 fully saturated rings. The molecule has 4 N–H and O–H groups in total. The second-order valence-corrected chi connectivity index (χ2v) is 4.48. The Morgan fingerprint density at radius 1 is 1.59 bits per heavy atom. The highest BCUT2D eigenvalue weighted by molar-refractivity contribution is 5.99. The normalized spacial score (nSPS) is 11.5. The third-order valence-corrected chi connectivity index (χ3v) is 2.41. The van der Waals surface area contributed by atoms with Crippen LogP contribution < -0.4 is 11.1 Å². The molecule has 0 unspecified atom stereocenters. The van der Waals surface area contributed by atoms with Gasteiger partial charge in [-0.1, -0.05) is 0 Å². The van der Waals surface area contributed by atoms with Gasteiger partial charge in [0, 0.05) is 18.8 Å². The number of ether oxygens (including phenoxy) is 1. The Hall–Kier alpha value is -1.56. The molecule has 1 aromatic rings. The van der Waals surface area contributed by atoms with Crippen LogP contribution in [0.4, 0.5) is 5.82 Å². The molecule has 0 saturated heterocycles. The van der Waals surface area contributed by atoms with Crippen LogP contribution in [0.1, 0.15) is 36.8 Å². The highest BCUT2D eigenvalue weighted by Crippen LogP contribution is 2.13. The predicted molar refractivity (Wildman–Crippen MR) is 65.8 cm³/mol. The van der Waals surface area contributed by atoms with E-state index in [-0.39, 0.29) is 11.7 Å². The zero-order chi connectivity index (χ0) is 13.1. The lowest BCUT2D eigenvalue weighted by Crippen LogP contribution is -2.40. The van der Waals surface area contributed by atoms with Gasteiger partial charge in [0.15, 0.2) is 5.82 Å². The average Bonchev–Trinajstić information content (AvgIpc) is 2.55. The van der Waals surface area contributed by atoms with Crippen LogP contribution in [0.15, 0.2) is 0 Å². The van der Waals surface area contributed by atoms with Crippen molar-refractivity contribution in [1.29, 1.82) is 0 Å². The van der Waals surface area contributed by atoms with E-state index in [0.29, 0.717) is 24.4 Å². The minimum Gasteiger partial charge on any atom is -0.382 e. The molecule has 6 heteroatoms. The van der Waals surface area contributed by atoms with Gasteiger partial charge in [-0.15, -0.1) is 0 Å². The number of carbonyl (C=O) groups is 1. The molecule has 1 rings (SSSR count). The fraction of sp³-hybridized carbons (Fsp3) is 0.636. The molecule has 0 saturated carbocycles. The van der Waals surface area contributed by atoms with Crippen LogP contribution in [0.25, 0.3) is 0 Å². The summed E-state index contributed by atoms with van der Waals surface area (Å²) in [5.41, 5.74) is 6.28. The maximum absolute atomic E-state index is 11.9. The van der Waals surface area contributed by atoms with Gasteiger partial charge in [-0.2, -0.15) is 5.10 Å². The molecule has 1 heterocycles. The molecule has 0 spiro atoms. The van der Waals surface area contributed by atoms with E-state index in [9.17, 15) is 4.79 Å². The number of aryl methyl sites for hydroxylation is 1. The smallest absolute Gasteiger partial charge is 0.257 e. The van der Waals surface area contributed by atoms with Gasteiger partial charge < -0.3 is 15.8 Å². The number of anilines is 1. The number of carbonyl (C=O) groups excluding carboxylic acids is 1. The van der Waals surface area contributed by atoms with Crippen molar-refractivity contribution < 1.29 is 9.53 Å². The Kier molecular flexibility index (Phi) is 4.11. The number of nitrogens with zero attached hydrogens (tertiary/aromatic N) is 1. The lowest BCUT2D eigenvalue weighted by molar-refractivity contribution is -0.00815. The lowest BCUT2D eigenvalue weighted by atomic mass is 10.1. The zero-order valence-electron chi connectivity index (χ0n) is 10.8. The van der Waals surface area contributed by atoms with Crippen LogP contribution in [0.3, 0.4) is 0 Å². The van der Waals surface area contributed by atoms with Gasteiger partial charge >= 0.3 is 0 Å². The fourth-order valence-corrected chi connectivity index (χ4v) is 1.56. The van der Waals surface area contributed by atoms with E-state index < -0.39 is 5.60 Å². The standard InChI is InChI=1S/C11H20N4O2/c1-5-17-11(3,4)6-13-10(16)8-7(2)14-15-9(8)12/h5-6H2,1-4H3,(H,13,16)(H3,12,14,15). The summed E-state index contributed by atoms with van der Waals surface area (Å²) in [5, 5.41) is 9.24. The molecule has 0 aromatic carbocycles. The number of aromatic amines is 1. The summed E-state index contributed by atoms with van der Waals surface area (Å²) in [6.07, 6.45) is 0. The van der Waals surface area contributed by atoms with E-state index >= 15 is 0 Å². The maximum Gasteiger partial charge on any atom is 0.257 e. The van der Waals surface area contributed by atoms with Gasteiger partial charge in [0.1, 0.15) is 5.56 Å². The summed E-state index contributed by atoms with van der Waals surface area (Å²) in [6, 6.07) is 0. The monoisotopic (exact) mass is 240 g/mol. The van der Waals surface area contributed by atoms with E-state index in [1.807, 2.05) is 20.8 Å². The SMILES string of the molecule is CCOC(C)(C)CNC(=O)c1c(N)n[nH]c1C. The van der Waals surface area contributed by atoms with E-state index in [1.165, 1.54) is 0 Å².